The van der Waals surface area contributed by atoms with E-state index in [1.54, 1.807) is 12.1 Å². The summed E-state index contributed by atoms with van der Waals surface area (Å²) in [5.41, 5.74) is 1.52. The minimum atomic E-state index is -1.06. The van der Waals surface area contributed by atoms with Crippen molar-refractivity contribution in [3.8, 4) is 17.2 Å². The van der Waals surface area contributed by atoms with Crippen molar-refractivity contribution in [3.63, 3.8) is 0 Å². The lowest BCUT2D eigenvalue weighted by Gasteiger charge is -2.29. The van der Waals surface area contributed by atoms with Crippen LogP contribution in [0, 0.1) is 11.6 Å². The summed E-state index contributed by atoms with van der Waals surface area (Å²) < 4.78 is 42.8. The number of hydrogen-bond acceptors (Lipinski definition) is 7. The third kappa shape index (κ3) is 5.78. The highest BCUT2D eigenvalue weighted by atomic mass is 35.5. The monoisotopic (exact) mass is 585 g/mol. The smallest absolute Gasteiger partial charge is 0.412 e. The number of imide groups is 1. The van der Waals surface area contributed by atoms with E-state index in [0.29, 0.717) is 11.1 Å². The number of fused-ring (bicyclic) bond motifs is 1. The molecule has 13 heteroatoms. The van der Waals surface area contributed by atoms with Crippen LogP contribution in [0.3, 0.4) is 0 Å². The summed E-state index contributed by atoms with van der Waals surface area (Å²) in [6.07, 6.45) is -0.487. The van der Waals surface area contributed by atoms with Crippen molar-refractivity contribution in [1.82, 2.24) is 10.2 Å². The molecule has 2 aliphatic rings. The number of amides is 4. The molecule has 0 saturated carbocycles. The molecular formula is C28H22ClF2N3O7. The van der Waals surface area contributed by atoms with Crippen molar-refractivity contribution in [3.05, 3.63) is 81.9 Å². The first-order valence-electron chi connectivity index (χ1n) is 12.3. The van der Waals surface area contributed by atoms with Gasteiger partial charge in [-0.05, 0) is 36.2 Å². The van der Waals surface area contributed by atoms with Crippen LogP contribution in [-0.2, 0) is 27.5 Å². The minimum absolute atomic E-state index is 0.0575. The second kappa shape index (κ2) is 11.4. The molecule has 0 radical (unpaired) electrons. The lowest BCUT2D eigenvalue weighted by Crippen LogP contribution is -2.52. The second-order valence-electron chi connectivity index (χ2n) is 9.21. The maximum absolute atomic E-state index is 13.4. The molecule has 0 bridgehead atoms. The van der Waals surface area contributed by atoms with Gasteiger partial charge < -0.3 is 19.1 Å². The van der Waals surface area contributed by atoms with Gasteiger partial charge in [-0.25, -0.2) is 13.6 Å². The number of benzene rings is 3. The Hall–Kier alpha value is -4.71. The van der Waals surface area contributed by atoms with Crippen LogP contribution in [0.1, 0.15) is 34.3 Å². The molecule has 10 nitrogen and oxygen atoms in total. The van der Waals surface area contributed by atoms with Gasteiger partial charge in [0.1, 0.15) is 29.9 Å². The van der Waals surface area contributed by atoms with Gasteiger partial charge in [-0.1, -0.05) is 23.7 Å². The molecule has 2 N–H and O–H groups in total. The Labute approximate surface area is 237 Å². The summed E-state index contributed by atoms with van der Waals surface area (Å²) in [7, 11) is 1.38. The molecule has 2 aliphatic heterocycles. The van der Waals surface area contributed by atoms with Crippen LogP contribution in [0.25, 0.3) is 0 Å². The van der Waals surface area contributed by atoms with E-state index in [-0.39, 0.29) is 65.4 Å². The summed E-state index contributed by atoms with van der Waals surface area (Å²) in [5.74, 6) is -2.90. The molecule has 3 aromatic rings. The van der Waals surface area contributed by atoms with Crippen LogP contribution in [0.15, 0.2) is 48.5 Å². The lowest BCUT2D eigenvalue weighted by molar-refractivity contribution is -0.136. The van der Waals surface area contributed by atoms with E-state index in [9.17, 15) is 28.0 Å². The number of hydrogen-bond donors (Lipinski definition) is 2. The molecule has 1 atom stereocenters. The Morgan fingerprint density at radius 2 is 1.83 bits per heavy atom. The fourth-order valence-electron chi connectivity index (χ4n) is 4.64. The number of methoxy groups -OCH3 is 1. The Kier molecular flexibility index (Phi) is 7.75. The number of ether oxygens (including phenoxy) is 3. The Bertz CT molecular complexity index is 1580. The van der Waals surface area contributed by atoms with E-state index in [1.807, 2.05) is 0 Å². The molecule has 212 valence electrons. The minimum Gasteiger partial charge on any atom is -0.495 e. The molecular weight excluding hydrogens is 564 g/mol. The molecule has 41 heavy (non-hydrogen) atoms. The third-order valence-electron chi connectivity index (χ3n) is 6.59. The number of carbonyl (C=O) groups is 4. The van der Waals surface area contributed by atoms with Crippen LogP contribution < -0.4 is 20.1 Å². The van der Waals surface area contributed by atoms with Crippen LogP contribution in [-0.4, -0.2) is 41.9 Å². The van der Waals surface area contributed by atoms with E-state index in [4.69, 9.17) is 25.8 Å². The highest BCUT2D eigenvalue weighted by Crippen LogP contribution is 2.36. The van der Waals surface area contributed by atoms with E-state index >= 15 is 0 Å². The molecule has 2 heterocycles. The summed E-state index contributed by atoms with van der Waals surface area (Å²) in [4.78, 5) is 51.0. The number of carbonyl (C=O) groups excluding carboxylic acids is 4. The molecule has 3 aromatic carbocycles. The maximum Gasteiger partial charge on any atom is 0.412 e. The summed E-state index contributed by atoms with van der Waals surface area (Å²) in [6.45, 7) is -0.0737. The summed E-state index contributed by atoms with van der Waals surface area (Å²) in [6, 6.07) is 9.93. The zero-order valence-corrected chi connectivity index (χ0v) is 22.2. The number of anilines is 1. The van der Waals surface area contributed by atoms with E-state index in [0.717, 1.165) is 12.1 Å². The quantitative estimate of drug-likeness (QED) is 0.377. The van der Waals surface area contributed by atoms with Crippen molar-refractivity contribution in [2.24, 2.45) is 0 Å². The van der Waals surface area contributed by atoms with Crippen molar-refractivity contribution in [2.45, 2.75) is 32.0 Å². The number of halogens is 3. The Morgan fingerprint density at radius 1 is 1.07 bits per heavy atom. The molecule has 1 saturated heterocycles. The van der Waals surface area contributed by atoms with Gasteiger partial charge in [0.05, 0.1) is 23.4 Å². The fraction of sp³-hybridized carbons (Fsp3) is 0.214. The highest BCUT2D eigenvalue weighted by molar-refractivity contribution is 6.33. The first-order valence-corrected chi connectivity index (χ1v) is 12.7. The van der Waals surface area contributed by atoms with E-state index in [2.05, 4.69) is 10.6 Å². The number of nitrogens with one attached hydrogen (secondary N) is 2. The molecule has 1 fully saturated rings. The number of piperidine rings is 1. The van der Waals surface area contributed by atoms with Gasteiger partial charge in [-0.2, -0.15) is 0 Å². The maximum atomic E-state index is 13.4. The van der Waals surface area contributed by atoms with Gasteiger partial charge in [0.2, 0.25) is 11.8 Å². The molecule has 0 aromatic heterocycles. The Morgan fingerprint density at radius 3 is 2.54 bits per heavy atom. The van der Waals surface area contributed by atoms with E-state index in [1.165, 1.54) is 36.3 Å². The first kappa shape index (κ1) is 27.8. The van der Waals surface area contributed by atoms with Crippen LogP contribution in [0.5, 0.6) is 17.2 Å². The highest BCUT2D eigenvalue weighted by Gasteiger charge is 2.41. The van der Waals surface area contributed by atoms with Gasteiger partial charge in [0.15, 0.2) is 11.6 Å². The predicted octanol–water partition coefficient (Wildman–Crippen LogP) is 4.93. The molecule has 0 spiro atoms. The second-order valence-corrected chi connectivity index (χ2v) is 9.62. The zero-order valence-electron chi connectivity index (χ0n) is 21.5. The number of rotatable bonds is 7. The largest absolute Gasteiger partial charge is 0.495 e. The number of nitrogens with zero attached hydrogens (tertiary/aromatic N) is 1. The average Bonchev–Trinajstić information content (AvgIpc) is 3.27. The predicted molar refractivity (Wildman–Crippen MR) is 141 cm³/mol. The van der Waals surface area contributed by atoms with Gasteiger partial charge in [0, 0.05) is 30.7 Å². The molecule has 4 amide bonds. The van der Waals surface area contributed by atoms with Gasteiger partial charge in [-0.15, -0.1) is 0 Å². The Balaban J connectivity index is 1.23. The van der Waals surface area contributed by atoms with Crippen LogP contribution in [0.4, 0.5) is 19.3 Å². The zero-order chi connectivity index (χ0) is 29.3. The SMILES string of the molecule is COc1c(COC(=O)Nc2ccc(Oc3ccc(F)c(F)c3)cc2Cl)ccc2c1C(=O)N(C1CCC(=O)NC1=O)C2. The lowest BCUT2D eigenvalue weighted by atomic mass is 10.0. The van der Waals surface area contributed by atoms with Gasteiger partial charge in [-0.3, -0.25) is 25.0 Å². The third-order valence-corrected chi connectivity index (χ3v) is 6.91. The summed E-state index contributed by atoms with van der Waals surface area (Å²) in [5, 5.41) is 4.85. The fourth-order valence-corrected chi connectivity index (χ4v) is 4.85. The van der Waals surface area contributed by atoms with Crippen LogP contribution in [0.2, 0.25) is 5.02 Å². The van der Waals surface area contributed by atoms with Crippen molar-refractivity contribution >= 4 is 41.1 Å². The topological polar surface area (TPSA) is 123 Å². The van der Waals surface area contributed by atoms with E-state index < -0.39 is 35.6 Å². The van der Waals surface area contributed by atoms with Crippen molar-refractivity contribution in [1.29, 1.82) is 0 Å². The molecule has 0 aliphatic carbocycles. The van der Waals surface area contributed by atoms with Crippen LogP contribution >= 0.6 is 11.6 Å². The standard InChI is InChI=1S/C28H22ClF2N3O7/c1-39-25-15(3-2-14-12-34(27(37)24(14)25)22-8-9-23(35)33-26(22)36)13-40-28(38)32-21-7-5-16(10-18(21)29)41-17-4-6-19(30)20(31)11-17/h2-7,10-11,22H,8-9,12-13H2,1H3,(H,32,38)(H,33,35,36). The average molecular weight is 586 g/mol. The first-order chi connectivity index (χ1) is 19.6. The van der Waals surface area contributed by atoms with Gasteiger partial charge >= 0.3 is 6.09 Å². The van der Waals surface area contributed by atoms with Crippen molar-refractivity contribution < 1.29 is 42.2 Å². The van der Waals surface area contributed by atoms with Gasteiger partial charge in [0.25, 0.3) is 5.91 Å². The molecule has 1 unspecified atom stereocenters. The van der Waals surface area contributed by atoms with Crippen molar-refractivity contribution in [2.75, 3.05) is 12.4 Å². The summed E-state index contributed by atoms with van der Waals surface area (Å²) >= 11 is 6.24. The normalized spacial score (nSPS) is 16.2. The molecule has 5 rings (SSSR count).